The summed E-state index contributed by atoms with van der Waals surface area (Å²) >= 11 is 7.40. The molecule has 0 saturated heterocycles. The summed E-state index contributed by atoms with van der Waals surface area (Å²) in [5.41, 5.74) is 0.975. The fraction of sp³-hybridized carbons (Fsp3) is 0.455. The molecule has 0 fully saturated rings. The standard InChI is InChI=1S/C11H14ClN3S/c1-2-10-13-4-6-15(10)5-3-11-14-9(7-12)8-16-11/h4,6,8H,2-3,5,7H2,1H3. The number of nitrogens with zero attached hydrogens (tertiary/aromatic N) is 3. The monoisotopic (exact) mass is 255 g/mol. The lowest BCUT2D eigenvalue weighted by Gasteiger charge is -2.04. The van der Waals surface area contributed by atoms with E-state index in [2.05, 4.69) is 21.5 Å². The average Bonchev–Trinajstić information content (AvgIpc) is 2.94. The van der Waals surface area contributed by atoms with Crippen molar-refractivity contribution in [2.24, 2.45) is 0 Å². The molecule has 0 unspecified atom stereocenters. The van der Waals surface area contributed by atoms with Crippen LogP contribution >= 0.6 is 22.9 Å². The molecule has 0 radical (unpaired) electrons. The zero-order valence-electron chi connectivity index (χ0n) is 9.19. The lowest BCUT2D eigenvalue weighted by atomic mass is 10.4. The zero-order valence-corrected chi connectivity index (χ0v) is 10.8. The molecule has 0 amide bonds. The molecule has 2 heterocycles. The second kappa shape index (κ2) is 5.46. The number of hydrogen-bond donors (Lipinski definition) is 0. The van der Waals surface area contributed by atoms with Crippen molar-refractivity contribution in [3.8, 4) is 0 Å². The molecule has 0 N–H and O–H groups in total. The molecule has 16 heavy (non-hydrogen) atoms. The van der Waals surface area contributed by atoms with Gasteiger partial charge in [0.2, 0.25) is 0 Å². The van der Waals surface area contributed by atoms with Gasteiger partial charge in [0, 0.05) is 37.2 Å². The molecule has 0 aliphatic carbocycles. The van der Waals surface area contributed by atoms with Crippen molar-refractivity contribution in [3.63, 3.8) is 0 Å². The van der Waals surface area contributed by atoms with Crippen LogP contribution in [0.3, 0.4) is 0 Å². The molecule has 2 aromatic heterocycles. The quantitative estimate of drug-likeness (QED) is 0.770. The van der Waals surface area contributed by atoms with Gasteiger partial charge in [-0.25, -0.2) is 9.97 Å². The van der Waals surface area contributed by atoms with Crippen LogP contribution in [0.5, 0.6) is 0 Å². The van der Waals surface area contributed by atoms with Crippen LogP contribution in [0.15, 0.2) is 17.8 Å². The highest BCUT2D eigenvalue weighted by Crippen LogP contribution is 2.13. The number of aryl methyl sites for hydroxylation is 3. The van der Waals surface area contributed by atoms with E-state index in [1.165, 1.54) is 0 Å². The molecule has 2 aromatic rings. The van der Waals surface area contributed by atoms with E-state index in [1.807, 2.05) is 17.8 Å². The molecule has 0 spiro atoms. The highest BCUT2D eigenvalue weighted by Gasteiger charge is 2.03. The molecule has 5 heteroatoms. The molecule has 0 saturated carbocycles. The van der Waals surface area contributed by atoms with Gasteiger partial charge in [0.05, 0.1) is 16.6 Å². The molecule has 0 aromatic carbocycles. The van der Waals surface area contributed by atoms with Crippen molar-refractivity contribution in [2.45, 2.75) is 32.2 Å². The van der Waals surface area contributed by atoms with Gasteiger partial charge in [0.15, 0.2) is 0 Å². The molecular formula is C11H14ClN3S. The van der Waals surface area contributed by atoms with Crippen molar-refractivity contribution in [1.29, 1.82) is 0 Å². The summed E-state index contributed by atoms with van der Waals surface area (Å²) < 4.78 is 2.18. The number of aromatic nitrogens is 3. The van der Waals surface area contributed by atoms with E-state index in [0.717, 1.165) is 35.9 Å². The van der Waals surface area contributed by atoms with Gasteiger partial charge in [0.25, 0.3) is 0 Å². The SMILES string of the molecule is CCc1nccn1CCc1nc(CCl)cs1. The Morgan fingerprint density at radius 2 is 2.38 bits per heavy atom. The summed E-state index contributed by atoms with van der Waals surface area (Å²) in [4.78, 5) is 8.73. The van der Waals surface area contributed by atoms with Gasteiger partial charge < -0.3 is 4.57 Å². The average molecular weight is 256 g/mol. The fourth-order valence-electron chi connectivity index (χ4n) is 1.60. The van der Waals surface area contributed by atoms with E-state index in [-0.39, 0.29) is 0 Å². The van der Waals surface area contributed by atoms with Crippen molar-refractivity contribution in [3.05, 3.63) is 34.3 Å². The third kappa shape index (κ3) is 2.62. The first-order chi connectivity index (χ1) is 7.83. The number of alkyl halides is 1. The summed E-state index contributed by atoms with van der Waals surface area (Å²) in [6, 6.07) is 0. The van der Waals surface area contributed by atoms with Crippen molar-refractivity contribution < 1.29 is 0 Å². The first kappa shape index (κ1) is 11.6. The number of imidazole rings is 1. The van der Waals surface area contributed by atoms with E-state index in [4.69, 9.17) is 11.6 Å². The fourth-order valence-corrected chi connectivity index (χ4v) is 2.61. The second-order valence-electron chi connectivity index (χ2n) is 3.51. The number of thiazole rings is 1. The number of hydrogen-bond acceptors (Lipinski definition) is 3. The normalized spacial score (nSPS) is 10.9. The third-order valence-corrected chi connectivity index (χ3v) is 3.65. The van der Waals surface area contributed by atoms with Gasteiger partial charge in [-0.15, -0.1) is 22.9 Å². The van der Waals surface area contributed by atoms with E-state index in [0.29, 0.717) is 5.88 Å². The predicted octanol–water partition coefficient (Wildman–Crippen LogP) is 2.88. The molecule has 0 aliphatic heterocycles. The van der Waals surface area contributed by atoms with Crippen LogP contribution in [-0.2, 0) is 25.3 Å². The first-order valence-corrected chi connectivity index (χ1v) is 6.74. The zero-order chi connectivity index (χ0) is 11.4. The van der Waals surface area contributed by atoms with Crippen LogP contribution in [0.25, 0.3) is 0 Å². The van der Waals surface area contributed by atoms with Gasteiger partial charge in [0.1, 0.15) is 5.82 Å². The minimum absolute atomic E-state index is 0.502. The van der Waals surface area contributed by atoms with Gasteiger partial charge in [-0.3, -0.25) is 0 Å². The lowest BCUT2D eigenvalue weighted by Crippen LogP contribution is -2.04. The Kier molecular flexibility index (Phi) is 3.96. The van der Waals surface area contributed by atoms with Crippen molar-refractivity contribution in [1.82, 2.24) is 14.5 Å². The van der Waals surface area contributed by atoms with Crippen molar-refractivity contribution in [2.75, 3.05) is 0 Å². The van der Waals surface area contributed by atoms with Gasteiger partial charge in [-0.05, 0) is 0 Å². The Morgan fingerprint density at radius 1 is 1.50 bits per heavy atom. The first-order valence-electron chi connectivity index (χ1n) is 5.32. The Morgan fingerprint density at radius 3 is 3.06 bits per heavy atom. The molecule has 0 bridgehead atoms. The summed E-state index contributed by atoms with van der Waals surface area (Å²) in [6.45, 7) is 3.06. The van der Waals surface area contributed by atoms with Crippen LogP contribution in [0.2, 0.25) is 0 Å². The smallest absolute Gasteiger partial charge is 0.108 e. The Balaban J connectivity index is 1.96. The second-order valence-corrected chi connectivity index (χ2v) is 4.72. The largest absolute Gasteiger partial charge is 0.335 e. The maximum Gasteiger partial charge on any atom is 0.108 e. The van der Waals surface area contributed by atoms with Gasteiger partial charge in [-0.2, -0.15) is 0 Å². The summed E-state index contributed by atoms with van der Waals surface area (Å²) in [7, 11) is 0. The molecular weight excluding hydrogens is 242 g/mol. The van der Waals surface area contributed by atoms with Crippen LogP contribution in [0.1, 0.15) is 23.4 Å². The maximum absolute atomic E-state index is 5.72. The van der Waals surface area contributed by atoms with Crippen molar-refractivity contribution >= 4 is 22.9 Å². The van der Waals surface area contributed by atoms with Crippen LogP contribution in [0, 0.1) is 0 Å². The molecule has 2 rings (SSSR count). The van der Waals surface area contributed by atoms with E-state index in [9.17, 15) is 0 Å². The lowest BCUT2D eigenvalue weighted by molar-refractivity contribution is 0.653. The van der Waals surface area contributed by atoms with Gasteiger partial charge >= 0.3 is 0 Å². The maximum atomic E-state index is 5.72. The van der Waals surface area contributed by atoms with E-state index >= 15 is 0 Å². The highest BCUT2D eigenvalue weighted by molar-refractivity contribution is 7.09. The summed E-state index contributed by atoms with van der Waals surface area (Å²) in [5.74, 6) is 1.64. The Labute approximate surface area is 104 Å². The third-order valence-electron chi connectivity index (χ3n) is 2.42. The minimum Gasteiger partial charge on any atom is -0.335 e. The summed E-state index contributed by atoms with van der Waals surface area (Å²) in [5, 5.41) is 3.17. The van der Waals surface area contributed by atoms with E-state index < -0.39 is 0 Å². The Hall–Kier alpha value is -0.870. The number of rotatable bonds is 5. The molecule has 3 nitrogen and oxygen atoms in total. The Bertz CT molecular complexity index is 450. The molecule has 86 valence electrons. The summed E-state index contributed by atoms with van der Waals surface area (Å²) in [6.07, 6.45) is 5.79. The van der Waals surface area contributed by atoms with Crippen LogP contribution in [-0.4, -0.2) is 14.5 Å². The van der Waals surface area contributed by atoms with Gasteiger partial charge in [-0.1, -0.05) is 6.92 Å². The number of halogens is 1. The molecule has 0 atom stereocenters. The van der Waals surface area contributed by atoms with Crippen LogP contribution < -0.4 is 0 Å². The minimum atomic E-state index is 0.502. The highest BCUT2D eigenvalue weighted by atomic mass is 35.5. The van der Waals surface area contributed by atoms with Crippen LogP contribution in [0.4, 0.5) is 0 Å². The van der Waals surface area contributed by atoms with E-state index in [1.54, 1.807) is 11.3 Å². The molecule has 0 aliphatic rings. The topological polar surface area (TPSA) is 30.7 Å². The predicted molar refractivity (Wildman–Crippen MR) is 67.0 cm³/mol.